The van der Waals surface area contributed by atoms with Crippen LogP contribution < -0.4 is 4.90 Å². The van der Waals surface area contributed by atoms with Gasteiger partial charge in [-0.2, -0.15) is 0 Å². The van der Waals surface area contributed by atoms with Crippen molar-refractivity contribution in [2.45, 2.75) is 19.8 Å². The van der Waals surface area contributed by atoms with Crippen molar-refractivity contribution in [2.75, 3.05) is 17.7 Å². The molecular formula is C14H16ClNOS. The zero-order valence-electron chi connectivity index (χ0n) is 10.6. The van der Waals surface area contributed by atoms with Crippen molar-refractivity contribution in [1.29, 1.82) is 0 Å². The fourth-order valence-corrected chi connectivity index (χ4v) is 3.37. The Morgan fingerprint density at radius 3 is 2.72 bits per heavy atom. The van der Waals surface area contributed by atoms with Crippen LogP contribution in [0.5, 0.6) is 0 Å². The van der Waals surface area contributed by atoms with Crippen molar-refractivity contribution in [3.63, 3.8) is 0 Å². The summed E-state index contributed by atoms with van der Waals surface area (Å²) in [4.78, 5) is 13.5. The Morgan fingerprint density at radius 1 is 1.39 bits per heavy atom. The molecule has 0 unspecified atom stereocenters. The number of hydrogen-bond acceptors (Lipinski definition) is 3. The molecule has 1 heterocycles. The Balaban J connectivity index is 2.34. The molecule has 1 aliphatic heterocycles. The summed E-state index contributed by atoms with van der Waals surface area (Å²) >= 11 is 7.34. The lowest BCUT2D eigenvalue weighted by atomic mass is 10.1. The van der Waals surface area contributed by atoms with Crippen LogP contribution >= 0.6 is 23.4 Å². The topological polar surface area (TPSA) is 20.3 Å². The van der Waals surface area contributed by atoms with Crippen molar-refractivity contribution in [1.82, 2.24) is 0 Å². The van der Waals surface area contributed by atoms with Gasteiger partial charge < -0.3 is 4.90 Å². The van der Waals surface area contributed by atoms with Crippen molar-refractivity contribution in [2.24, 2.45) is 0 Å². The highest BCUT2D eigenvalue weighted by molar-refractivity contribution is 8.14. The Hall–Kier alpha value is -0.930. The van der Waals surface area contributed by atoms with Crippen LogP contribution in [0.25, 0.3) is 0 Å². The summed E-state index contributed by atoms with van der Waals surface area (Å²) in [5.41, 5.74) is 3.35. The summed E-state index contributed by atoms with van der Waals surface area (Å²) in [6, 6.07) is 8.28. The number of anilines is 1. The fraction of sp³-hybridized carbons (Fsp3) is 0.357. The number of halogens is 1. The highest BCUT2D eigenvalue weighted by Gasteiger charge is 2.26. The largest absolute Gasteiger partial charge is 0.346 e. The van der Waals surface area contributed by atoms with Gasteiger partial charge in [0.1, 0.15) is 5.03 Å². The van der Waals surface area contributed by atoms with Gasteiger partial charge in [-0.05, 0) is 18.1 Å². The second-order valence-electron chi connectivity index (χ2n) is 4.27. The van der Waals surface area contributed by atoms with E-state index < -0.39 is 0 Å². The van der Waals surface area contributed by atoms with E-state index in [4.69, 9.17) is 11.6 Å². The maximum Gasteiger partial charge on any atom is 0.232 e. The van der Waals surface area contributed by atoms with E-state index in [0.29, 0.717) is 10.8 Å². The van der Waals surface area contributed by atoms with E-state index in [1.54, 1.807) is 0 Å². The smallest absolute Gasteiger partial charge is 0.232 e. The van der Waals surface area contributed by atoms with Gasteiger partial charge in [0.15, 0.2) is 0 Å². The Bertz CT molecular complexity index is 498. The lowest BCUT2D eigenvalue weighted by molar-refractivity contribution is -0.107. The van der Waals surface area contributed by atoms with Crippen molar-refractivity contribution in [3.05, 3.63) is 40.6 Å². The lowest BCUT2D eigenvalue weighted by Gasteiger charge is -2.23. The molecule has 4 heteroatoms. The monoisotopic (exact) mass is 281 g/mol. The summed E-state index contributed by atoms with van der Waals surface area (Å²) in [7, 11) is 1.98. The first kappa shape index (κ1) is 13.5. The number of rotatable bonds is 4. The van der Waals surface area contributed by atoms with E-state index in [1.165, 1.54) is 17.3 Å². The third-order valence-corrected chi connectivity index (χ3v) is 4.44. The molecule has 1 aliphatic rings. The van der Waals surface area contributed by atoms with Gasteiger partial charge in [-0.25, -0.2) is 0 Å². The number of hydrogen-bond donors (Lipinski definition) is 0. The predicted octanol–water partition coefficient (Wildman–Crippen LogP) is 3.80. The molecule has 18 heavy (non-hydrogen) atoms. The van der Waals surface area contributed by atoms with Crippen LogP contribution in [0.2, 0.25) is 0 Å². The molecule has 0 aromatic heterocycles. The first-order chi connectivity index (χ1) is 8.65. The standard InChI is InChI=1S/C14H16ClNOS/c1-3-6-10-7-4-5-8-11(10)16(2)12-9-18-14(17)13(12)15/h4-5,7-8H,3,6,9H2,1-2H3. The van der Waals surface area contributed by atoms with Crippen LogP contribution in [0.4, 0.5) is 5.69 Å². The molecule has 0 spiro atoms. The number of thioether (sulfide) groups is 1. The zero-order valence-corrected chi connectivity index (χ0v) is 12.1. The van der Waals surface area contributed by atoms with Crippen LogP contribution in [0.1, 0.15) is 18.9 Å². The highest BCUT2D eigenvalue weighted by atomic mass is 35.5. The number of carbonyl (C=O) groups excluding carboxylic acids is 1. The molecule has 0 atom stereocenters. The van der Waals surface area contributed by atoms with Gasteiger partial charge in [0.25, 0.3) is 0 Å². The van der Waals surface area contributed by atoms with Gasteiger partial charge in [-0.3, -0.25) is 4.79 Å². The zero-order chi connectivity index (χ0) is 13.1. The fourth-order valence-electron chi connectivity index (χ4n) is 2.09. The predicted molar refractivity (Wildman–Crippen MR) is 79.2 cm³/mol. The molecule has 2 rings (SSSR count). The van der Waals surface area contributed by atoms with Crippen LogP contribution in [0.3, 0.4) is 0 Å². The molecule has 0 saturated carbocycles. The maximum atomic E-state index is 11.5. The number of nitrogens with zero attached hydrogens (tertiary/aromatic N) is 1. The van der Waals surface area contributed by atoms with Crippen molar-refractivity contribution >= 4 is 34.2 Å². The molecule has 96 valence electrons. The van der Waals surface area contributed by atoms with Crippen molar-refractivity contribution in [3.8, 4) is 0 Å². The van der Waals surface area contributed by atoms with E-state index in [-0.39, 0.29) is 5.12 Å². The molecule has 0 saturated heterocycles. The molecule has 0 bridgehead atoms. The summed E-state index contributed by atoms with van der Waals surface area (Å²) in [5.74, 6) is 0.661. The molecule has 1 aromatic rings. The maximum absolute atomic E-state index is 11.5. The van der Waals surface area contributed by atoms with Gasteiger partial charge in [-0.1, -0.05) is 54.9 Å². The average molecular weight is 282 g/mol. The Morgan fingerprint density at radius 2 is 2.11 bits per heavy atom. The number of aryl methyl sites for hydroxylation is 1. The van der Waals surface area contributed by atoms with Gasteiger partial charge in [-0.15, -0.1) is 0 Å². The third kappa shape index (κ3) is 2.57. The van der Waals surface area contributed by atoms with Crippen molar-refractivity contribution < 1.29 is 4.79 Å². The van der Waals surface area contributed by atoms with E-state index in [2.05, 4.69) is 19.1 Å². The van der Waals surface area contributed by atoms with E-state index >= 15 is 0 Å². The van der Waals surface area contributed by atoms with Crippen LogP contribution in [-0.2, 0) is 11.2 Å². The number of benzene rings is 1. The molecule has 1 aromatic carbocycles. The summed E-state index contributed by atoms with van der Waals surface area (Å²) in [6.45, 7) is 2.16. The first-order valence-corrected chi connectivity index (χ1v) is 7.39. The molecule has 0 radical (unpaired) electrons. The summed E-state index contributed by atoms with van der Waals surface area (Å²) in [5, 5.41) is 0.347. The molecular weight excluding hydrogens is 266 g/mol. The van der Waals surface area contributed by atoms with Gasteiger partial charge in [0.05, 0.1) is 5.70 Å². The van der Waals surface area contributed by atoms with E-state index in [0.717, 1.165) is 24.2 Å². The number of para-hydroxylation sites is 1. The summed E-state index contributed by atoms with van der Waals surface area (Å²) < 4.78 is 0. The van der Waals surface area contributed by atoms with E-state index in [9.17, 15) is 4.79 Å². The minimum atomic E-state index is -0.0218. The normalized spacial score (nSPS) is 15.4. The lowest BCUT2D eigenvalue weighted by Crippen LogP contribution is -2.19. The quantitative estimate of drug-likeness (QED) is 0.837. The van der Waals surface area contributed by atoms with E-state index in [1.807, 2.05) is 24.1 Å². The minimum Gasteiger partial charge on any atom is -0.346 e. The second kappa shape index (κ2) is 5.81. The molecule has 2 nitrogen and oxygen atoms in total. The Kier molecular flexibility index (Phi) is 4.36. The Labute approximate surface area is 117 Å². The van der Waals surface area contributed by atoms with Gasteiger partial charge >= 0.3 is 0 Å². The number of carbonyl (C=O) groups is 1. The first-order valence-electron chi connectivity index (χ1n) is 6.02. The minimum absolute atomic E-state index is 0.0218. The highest BCUT2D eigenvalue weighted by Crippen LogP contribution is 2.34. The average Bonchev–Trinajstić information content (AvgIpc) is 2.70. The third-order valence-electron chi connectivity index (χ3n) is 3.05. The molecule has 0 amide bonds. The molecule has 0 fully saturated rings. The molecule has 0 aliphatic carbocycles. The SMILES string of the molecule is CCCc1ccccc1N(C)C1=C(Cl)C(=O)SC1. The molecule has 0 N–H and O–H groups in total. The second-order valence-corrected chi connectivity index (χ2v) is 5.60. The van der Waals surface area contributed by atoms with Crippen LogP contribution in [0, 0.1) is 0 Å². The van der Waals surface area contributed by atoms with Gasteiger partial charge in [0, 0.05) is 18.5 Å². The van der Waals surface area contributed by atoms with Gasteiger partial charge in [0.2, 0.25) is 5.12 Å². The van der Waals surface area contributed by atoms with Crippen LogP contribution in [-0.4, -0.2) is 17.9 Å². The summed E-state index contributed by atoms with van der Waals surface area (Å²) in [6.07, 6.45) is 2.14. The van der Waals surface area contributed by atoms with Crippen LogP contribution in [0.15, 0.2) is 35.0 Å².